The zero-order valence-electron chi connectivity index (χ0n) is 13.9. The van der Waals surface area contributed by atoms with E-state index in [9.17, 15) is 9.18 Å². The first-order valence-corrected chi connectivity index (χ1v) is 8.78. The number of amides is 1. The number of para-hydroxylation sites is 1. The third-order valence-electron chi connectivity index (χ3n) is 3.19. The van der Waals surface area contributed by atoms with Gasteiger partial charge in [0.2, 0.25) is 5.91 Å². The van der Waals surface area contributed by atoms with Crippen LogP contribution in [0, 0.1) is 17.1 Å². The minimum Gasteiger partial charge on any atom is -0.489 e. The van der Waals surface area contributed by atoms with E-state index >= 15 is 0 Å². The number of carbonyl (C=O) groups is 1. The van der Waals surface area contributed by atoms with Crippen molar-refractivity contribution < 1.29 is 19.0 Å². The summed E-state index contributed by atoms with van der Waals surface area (Å²) in [6.07, 6.45) is 0. The van der Waals surface area contributed by atoms with Crippen LogP contribution in [0.1, 0.15) is 0 Å². The van der Waals surface area contributed by atoms with Crippen molar-refractivity contribution in [2.45, 2.75) is 4.90 Å². The van der Waals surface area contributed by atoms with Crippen LogP contribution in [0.3, 0.4) is 0 Å². The number of hydrogen-bond donors (Lipinski definition) is 3. The van der Waals surface area contributed by atoms with Crippen molar-refractivity contribution in [2.24, 2.45) is 0 Å². The van der Waals surface area contributed by atoms with Crippen molar-refractivity contribution >= 4 is 29.0 Å². The second-order valence-corrected chi connectivity index (χ2v) is 6.07. The second-order valence-electron chi connectivity index (χ2n) is 5.06. The number of carbonyl (C=O) groups excluding carboxylic acids is 1. The van der Waals surface area contributed by atoms with E-state index in [-0.39, 0.29) is 37.2 Å². The van der Waals surface area contributed by atoms with E-state index in [4.69, 9.17) is 15.1 Å². The molecule has 8 heteroatoms. The molecule has 2 rings (SSSR count). The van der Waals surface area contributed by atoms with Crippen molar-refractivity contribution in [3.05, 3.63) is 48.3 Å². The molecule has 0 aliphatic rings. The van der Waals surface area contributed by atoms with Gasteiger partial charge in [-0.25, -0.2) is 4.39 Å². The lowest BCUT2D eigenvalue weighted by Crippen LogP contribution is -2.22. The molecule has 0 bridgehead atoms. The summed E-state index contributed by atoms with van der Waals surface area (Å²) < 4.78 is 18.6. The van der Waals surface area contributed by atoms with Gasteiger partial charge in [0, 0.05) is 11.0 Å². The highest BCUT2D eigenvalue weighted by molar-refractivity contribution is 7.99. The Labute approximate surface area is 155 Å². The summed E-state index contributed by atoms with van der Waals surface area (Å²) in [7, 11) is 0. The molecule has 3 N–H and O–H groups in total. The largest absolute Gasteiger partial charge is 0.489 e. The summed E-state index contributed by atoms with van der Waals surface area (Å²) in [5.74, 6) is -0.271. The molecule has 1 amide bonds. The Balaban J connectivity index is 1.98. The summed E-state index contributed by atoms with van der Waals surface area (Å²) in [5.41, 5.74) is 1.07. The van der Waals surface area contributed by atoms with Gasteiger partial charge in [0.05, 0.1) is 36.3 Å². The molecule has 0 aliphatic heterocycles. The maximum atomic E-state index is 13.3. The van der Waals surface area contributed by atoms with E-state index < -0.39 is 5.82 Å². The monoisotopic (exact) mass is 375 g/mol. The number of aliphatic hydroxyl groups excluding tert-OH is 1. The van der Waals surface area contributed by atoms with E-state index in [2.05, 4.69) is 10.6 Å². The maximum absolute atomic E-state index is 13.3. The Morgan fingerprint density at radius 2 is 2.08 bits per heavy atom. The predicted molar refractivity (Wildman–Crippen MR) is 98.9 cm³/mol. The van der Waals surface area contributed by atoms with Gasteiger partial charge in [0.15, 0.2) is 0 Å². The maximum Gasteiger partial charge on any atom is 0.243 e. The first kappa shape index (κ1) is 19.6. The van der Waals surface area contributed by atoms with E-state index in [1.165, 1.54) is 30.0 Å². The van der Waals surface area contributed by atoms with Gasteiger partial charge in [-0.3, -0.25) is 4.79 Å². The molecule has 2 aromatic carbocycles. The third kappa shape index (κ3) is 5.95. The molecule has 0 fully saturated rings. The Morgan fingerprint density at radius 3 is 2.85 bits per heavy atom. The summed E-state index contributed by atoms with van der Waals surface area (Å²) in [4.78, 5) is 13.0. The van der Waals surface area contributed by atoms with Crippen LogP contribution in [0.4, 0.5) is 15.8 Å². The number of thioether (sulfide) groups is 1. The number of nitriles is 1. The lowest BCUT2D eigenvalue weighted by Gasteiger charge is -2.14. The van der Waals surface area contributed by atoms with Gasteiger partial charge in [-0.15, -0.1) is 11.8 Å². The van der Waals surface area contributed by atoms with Crippen molar-refractivity contribution in [3.63, 3.8) is 0 Å². The molecule has 0 aliphatic carbocycles. The molecule has 0 aromatic heterocycles. The summed E-state index contributed by atoms with van der Waals surface area (Å²) in [5, 5.41) is 23.2. The summed E-state index contributed by atoms with van der Waals surface area (Å²) in [6.45, 7) is -0.236. The van der Waals surface area contributed by atoms with Crippen LogP contribution >= 0.6 is 11.8 Å². The Morgan fingerprint density at radius 1 is 1.27 bits per heavy atom. The van der Waals surface area contributed by atoms with Crippen LogP contribution < -0.4 is 15.4 Å². The molecule has 0 unspecified atom stereocenters. The van der Waals surface area contributed by atoms with Crippen LogP contribution in [0.15, 0.2) is 47.4 Å². The molecule has 0 radical (unpaired) electrons. The van der Waals surface area contributed by atoms with Crippen LogP contribution in [0.2, 0.25) is 0 Å². The van der Waals surface area contributed by atoms with Gasteiger partial charge in [0.25, 0.3) is 0 Å². The number of halogens is 1. The molecule has 0 heterocycles. The molecule has 6 nitrogen and oxygen atoms in total. The number of aliphatic hydroxyl groups is 1. The average molecular weight is 375 g/mol. The van der Waals surface area contributed by atoms with Gasteiger partial charge in [-0.2, -0.15) is 5.26 Å². The zero-order chi connectivity index (χ0) is 18.8. The lowest BCUT2D eigenvalue weighted by atomic mass is 10.2. The van der Waals surface area contributed by atoms with E-state index in [0.29, 0.717) is 11.4 Å². The Bertz CT molecular complexity index is 795. The van der Waals surface area contributed by atoms with Crippen molar-refractivity contribution in [3.8, 4) is 11.8 Å². The minimum absolute atomic E-state index is 0.0216. The van der Waals surface area contributed by atoms with Crippen LogP contribution in [-0.2, 0) is 4.79 Å². The zero-order valence-corrected chi connectivity index (χ0v) is 14.7. The minimum atomic E-state index is -0.476. The molecule has 0 spiro atoms. The fraction of sp³-hybridized carbons (Fsp3) is 0.222. The Kier molecular flexibility index (Phi) is 7.74. The predicted octanol–water partition coefficient (Wildman–Crippen LogP) is 2.86. The molecule has 0 atom stereocenters. The number of nitrogens with zero attached hydrogens (tertiary/aromatic N) is 1. The van der Waals surface area contributed by atoms with E-state index in [1.54, 1.807) is 12.1 Å². The highest BCUT2D eigenvalue weighted by atomic mass is 32.2. The van der Waals surface area contributed by atoms with Crippen LogP contribution in [0.5, 0.6) is 5.75 Å². The number of anilines is 2. The molecular formula is C18H18FN3O3S. The number of hydrogen-bond acceptors (Lipinski definition) is 6. The number of nitrogens with one attached hydrogen (secondary N) is 2. The highest BCUT2D eigenvalue weighted by Crippen LogP contribution is 2.27. The topological polar surface area (TPSA) is 94.4 Å². The third-order valence-corrected chi connectivity index (χ3v) is 4.13. The van der Waals surface area contributed by atoms with Gasteiger partial charge in [0.1, 0.15) is 18.2 Å². The number of rotatable bonds is 9. The molecule has 26 heavy (non-hydrogen) atoms. The van der Waals surface area contributed by atoms with Gasteiger partial charge in [-0.1, -0.05) is 12.1 Å². The normalized spacial score (nSPS) is 10.0. The molecule has 2 aromatic rings. The van der Waals surface area contributed by atoms with Crippen LogP contribution in [-0.4, -0.2) is 36.5 Å². The van der Waals surface area contributed by atoms with Gasteiger partial charge in [-0.05, 0) is 24.3 Å². The SMILES string of the molecule is N#CCSc1ccccc1NC(=O)CNc1ccc(F)cc1OCCO. The molecule has 0 saturated carbocycles. The fourth-order valence-electron chi connectivity index (χ4n) is 2.09. The van der Waals surface area contributed by atoms with Gasteiger partial charge < -0.3 is 20.5 Å². The van der Waals surface area contributed by atoms with Crippen molar-refractivity contribution in [1.82, 2.24) is 0 Å². The van der Waals surface area contributed by atoms with Crippen LogP contribution in [0.25, 0.3) is 0 Å². The van der Waals surface area contributed by atoms with Crippen molar-refractivity contribution in [1.29, 1.82) is 5.26 Å². The van der Waals surface area contributed by atoms with Gasteiger partial charge >= 0.3 is 0 Å². The standard InChI is InChI=1S/C18H18FN3O3S/c19-13-5-6-14(16(11-13)25-9-8-23)21-12-18(24)22-15-3-1-2-4-17(15)26-10-7-20/h1-6,11,21,23H,8-10,12H2,(H,22,24). The molecular weight excluding hydrogens is 357 g/mol. The number of benzene rings is 2. The first-order chi connectivity index (χ1) is 12.6. The quantitative estimate of drug-likeness (QED) is 0.584. The average Bonchev–Trinajstić information content (AvgIpc) is 2.65. The summed E-state index contributed by atoms with van der Waals surface area (Å²) in [6, 6.07) is 13.1. The lowest BCUT2D eigenvalue weighted by molar-refractivity contribution is -0.114. The fourth-order valence-corrected chi connectivity index (χ4v) is 2.76. The summed E-state index contributed by atoms with van der Waals surface area (Å²) >= 11 is 1.34. The first-order valence-electron chi connectivity index (χ1n) is 7.79. The number of ether oxygens (including phenoxy) is 1. The molecule has 0 saturated heterocycles. The Hall–Kier alpha value is -2.76. The smallest absolute Gasteiger partial charge is 0.243 e. The van der Waals surface area contributed by atoms with Crippen molar-refractivity contribution in [2.75, 3.05) is 36.1 Å². The highest BCUT2D eigenvalue weighted by Gasteiger charge is 2.10. The van der Waals surface area contributed by atoms with E-state index in [0.717, 1.165) is 4.90 Å². The molecule has 136 valence electrons. The second kappa shape index (κ2) is 10.3. The van der Waals surface area contributed by atoms with E-state index in [1.807, 2.05) is 18.2 Å².